The maximum absolute atomic E-state index is 13.6. The third-order valence-corrected chi connectivity index (χ3v) is 3.55. The molecule has 0 amide bonds. The van der Waals surface area contributed by atoms with Crippen LogP contribution in [0, 0.1) is 12.7 Å². The quantitative estimate of drug-likeness (QED) is 0.855. The van der Waals surface area contributed by atoms with Crippen LogP contribution >= 0.6 is 0 Å². The molecule has 1 aromatic rings. The van der Waals surface area contributed by atoms with Gasteiger partial charge in [-0.2, -0.15) is 0 Å². The van der Waals surface area contributed by atoms with Gasteiger partial charge in [0.2, 0.25) is 0 Å². The summed E-state index contributed by atoms with van der Waals surface area (Å²) in [5, 5.41) is 10.2. The predicted molar refractivity (Wildman–Crippen MR) is 59.7 cm³/mol. The van der Waals surface area contributed by atoms with Crippen LogP contribution in [0.2, 0.25) is 0 Å². The molecule has 2 nitrogen and oxygen atoms in total. The van der Waals surface area contributed by atoms with Crippen LogP contribution in [-0.2, 0) is 4.74 Å². The predicted octanol–water partition coefficient (Wildman–Crippen LogP) is 2.74. The van der Waals surface area contributed by atoms with Crippen LogP contribution in [0.5, 0.6) is 0 Å². The van der Waals surface area contributed by atoms with E-state index in [1.165, 1.54) is 6.07 Å². The molecule has 1 aliphatic carbocycles. The van der Waals surface area contributed by atoms with Crippen LogP contribution in [0.4, 0.5) is 4.39 Å². The molecule has 0 aliphatic heterocycles. The summed E-state index contributed by atoms with van der Waals surface area (Å²) in [6, 6.07) is 4.79. The van der Waals surface area contributed by atoms with Gasteiger partial charge < -0.3 is 9.84 Å². The van der Waals surface area contributed by atoms with E-state index in [9.17, 15) is 9.50 Å². The molecule has 0 heterocycles. The van der Waals surface area contributed by atoms with E-state index >= 15 is 0 Å². The largest absolute Gasteiger partial charge is 0.385 e. The van der Waals surface area contributed by atoms with E-state index in [1.807, 2.05) is 6.92 Å². The molecule has 1 atom stereocenters. The minimum Gasteiger partial charge on any atom is -0.385 e. The van der Waals surface area contributed by atoms with Crippen molar-refractivity contribution in [3.05, 3.63) is 35.1 Å². The van der Waals surface area contributed by atoms with Crippen LogP contribution in [-0.4, -0.2) is 17.8 Å². The lowest BCUT2D eigenvalue weighted by Crippen LogP contribution is -2.45. The van der Waals surface area contributed by atoms with Crippen molar-refractivity contribution in [2.45, 2.75) is 37.9 Å². The fourth-order valence-electron chi connectivity index (χ4n) is 2.27. The smallest absolute Gasteiger partial charge is 0.129 e. The van der Waals surface area contributed by atoms with Gasteiger partial charge in [0.05, 0.1) is 5.60 Å². The Morgan fingerprint density at radius 1 is 1.44 bits per heavy atom. The first-order valence-corrected chi connectivity index (χ1v) is 5.58. The lowest BCUT2D eigenvalue weighted by Gasteiger charge is -2.44. The van der Waals surface area contributed by atoms with Gasteiger partial charge in [0.15, 0.2) is 0 Å². The highest BCUT2D eigenvalue weighted by Crippen LogP contribution is 2.45. The van der Waals surface area contributed by atoms with Crippen molar-refractivity contribution in [3.8, 4) is 0 Å². The molecule has 88 valence electrons. The summed E-state index contributed by atoms with van der Waals surface area (Å²) < 4.78 is 19.0. The van der Waals surface area contributed by atoms with E-state index in [0.29, 0.717) is 5.56 Å². The summed E-state index contributed by atoms with van der Waals surface area (Å²) >= 11 is 0. The second-order valence-electron chi connectivity index (χ2n) is 4.55. The van der Waals surface area contributed by atoms with Crippen LogP contribution in [0.1, 0.15) is 36.5 Å². The second-order valence-corrected chi connectivity index (χ2v) is 4.55. The number of hydrogen-bond acceptors (Lipinski definition) is 2. The molecule has 0 spiro atoms. The molecular weight excluding hydrogens is 207 g/mol. The number of benzene rings is 1. The summed E-state index contributed by atoms with van der Waals surface area (Å²) in [5.41, 5.74) is 0.719. The standard InChI is InChI=1S/C13H17FO2/c1-9-4-5-11(14)10(8-9)12(15)13(16-2)6-3-7-13/h4-5,8,12,15H,3,6-7H2,1-2H3. The molecule has 3 heteroatoms. The van der Waals surface area contributed by atoms with E-state index < -0.39 is 11.7 Å². The average Bonchev–Trinajstić information content (AvgIpc) is 2.21. The lowest BCUT2D eigenvalue weighted by atomic mass is 9.73. The first-order chi connectivity index (χ1) is 7.59. The molecule has 0 radical (unpaired) electrons. The SMILES string of the molecule is COC1(C(O)c2cc(C)ccc2F)CCC1. The van der Waals surface area contributed by atoms with E-state index in [1.54, 1.807) is 19.2 Å². The maximum atomic E-state index is 13.6. The van der Waals surface area contributed by atoms with Gasteiger partial charge in [0, 0.05) is 12.7 Å². The number of hydrogen-bond donors (Lipinski definition) is 1. The molecule has 1 aliphatic rings. The Morgan fingerprint density at radius 2 is 2.12 bits per heavy atom. The molecule has 0 aromatic heterocycles. The Hall–Kier alpha value is -0.930. The summed E-state index contributed by atoms with van der Waals surface area (Å²) in [6.45, 7) is 1.88. The highest BCUT2D eigenvalue weighted by molar-refractivity contribution is 5.28. The Bertz CT molecular complexity index is 380. The number of halogens is 1. The van der Waals surface area contributed by atoms with E-state index in [-0.39, 0.29) is 5.82 Å². The monoisotopic (exact) mass is 224 g/mol. The number of aliphatic hydroxyl groups excluding tert-OH is 1. The van der Waals surface area contributed by atoms with Gasteiger partial charge >= 0.3 is 0 Å². The van der Waals surface area contributed by atoms with Crippen LogP contribution in [0.25, 0.3) is 0 Å². The number of ether oxygens (including phenoxy) is 1. The normalized spacial score (nSPS) is 20.2. The second kappa shape index (κ2) is 4.15. The Morgan fingerprint density at radius 3 is 2.62 bits per heavy atom. The third kappa shape index (κ3) is 1.74. The first kappa shape index (κ1) is 11.6. The van der Waals surface area contributed by atoms with E-state index in [4.69, 9.17) is 4.74 Å². The highest BCUT2D eigenvalue weighted by atomic mass is 19.1. The zero-order valence-corrected chi connectivity index (χ0v) is 9.66. The van der Waals surface area contributed by atoms with Crippen molar-refractivity contribution >= 4 is 0 Å². The maximum Gasteiger partial charge on any atom is 0.129 e. The molecule has 0 saturated heterocycles. The van der Waals surface area contributed by atoms with Crippen molar-refractivity contribution in [1.29, 1.82) is 0 Å². The van der Waals surface area contributed by atoms with Gasteiger partial charge in [-0.3, -0.25) is 0 Å². The molecular formula is C13H17FO2. The molecule has 0 bridgehead atoms. The zero-order valence-electron chi connectivity index (χ0n) is 9.66. The average molecular weight is 224 g/mol. The van der Waals surface area contributed by atoms with Crippen LogP contribution < -0.4 is 0 Å². The molecule has 1 saturated carbocycles. The number of rotatable bonds is 3. The van der Waals surface area contributed by atoms with Crippen molar-refractivity contribution in [1.82, 2.24) is 0 Å². The van der Waals surface area contributed by atoms with Crippen molar-refractivity contribution in [2.75, 3.05) is 7.11 Å². The van der Waals surface area contributed by atoms with Gasteiger partial charge in [0.25, 0.3) is 0 Å². The van der Waals surface area contributed by atoms with Crippen molar-refractivity contribution in [2.24, 2.45) is 0 Å². The van der Waals surface area contributed by atoms with Crippen molar-refractivity contribution < 1.29 is 14.2 Å². The fraction of sp³-hybridized carbons (Fsp3) is 0.538. The van der Waals surface area contributed by atoms with Gasteiger partial charge in [-0.1, -0.05) is 17.7 Å². The lowest BCUT2D eigenvalue weighted by molar-refractivity contribution is -0.152. The van der Waals surface area contributed by atoms with Gasteiger partial charge in [0.1, 0.15) is 11.9 Å². The molecule has 1 aromatic carbocycles. The molecule has 1 N–H and O–H groups in total. The van der Waals surface area contributed by atoms with E-state index in [0.717, 1.165) is 24.8 Å². The molecule has 1 unspecified atom stereocenters. The molecule has 16 heavy (non-hydrogen) atoms. The number of aryl methyl sites for hydroxylation is 1. The Labute approximate surface area is 95.1 Å². The van der Waals surface area contributed by atoms with Gasteiger partial charge in [-0.25, -0.2) is 4.39 Å². The zero-order chi connectivity index (χ0) is 11.8. The van der Waals surface area contributed by atoms with Crippen LogP contribution in [0.15, 0.2) is 18.2 Å². The fourth-order valence-corrected chi connectivity index (χ4v) is 2.27. The minimum atomic E-state index is -0.869. The van der Waals surface area contributed by atoms with Gasteiger partial charge in [-0.15, -0.1) is 0 Å². The summed E-state index contributed by atoms with van der Waals surface area (Å²) in [7, 11) is 1.58. The Balaban J connectivity index is 2.32. The molecule has 2 rings (SSSR count). The van der Waals surface area contributed by atoms with Gasteiger partial charge in [-0.05, 0) is 32.3 Å². The minimum absolute atomic E-state index is 0.349. The number of methoxy groups -OCH3 is 1. The topological polar surface area (TPSA) is 29.5 Å². The third-order valence-electron chi connectivity index (χ3n) is 3.55. The van der Waals surface area contributed by atoms with Crippen molar-refractivity contribution in [3.63, 3.8) is 0 Å². The summed E-state index contributed by atoms with van der Waals surface area (Å²) in [4.78, 5) is 0. The highest BCUT2D eigenvalue weighted by Gasteiger charge is 2.45. The van der Waals surface area contributed by atoms with E-state index in [2.05, 4.69) is 0 Å². The molecule has 1 fully saturated rings. The summed E-state index contributed by atoms with van der Waals surface area (Å²) in [5.74, 6) is -0.360. The summed E-state index contributed by atoms with van der Waals surface area (Å²) in [6.07, 6.45) is 1.74. The Kier molecular flexibility index (Phi) is 3.00. The first-order valence-electron chi connectivity index (χ1n) is 5.58. The number of aliphatic hydroxyl groups is 1. The van der Waals surface area contributed by atoms with Crippen LogP contribution in [0.3, 0.4) is 0 Å².